The van der Waals surface area contributed by atoms with E-state index in [1.165, 1.54) is 20.1 Å². The summed E-state index contributed by atoms with van der Waals surface area (Å²) in [6.45, 7) is 4.73. The number of hydrogen-bond acceptors (Lipinski definition) is 4. The SMILES string of the molecule is COc1ccc(S(=O)(=O)C(C)CC(C)=O)cc1C. The highest BCUT2D eigenvalue weighted by atomic mass is 32.2. The van der Waals surface area contributed by atoms with Crippen molar-refractivity contribution in [2.75, 3.05) is 7.11 Å². The third kappa shape index (κ3) is 3.10. The first-order chi connectivity index (χ1) is 8.28. The van der Waals surface area contributed by atoms with E-state index in [1.54, 1.807) is 26.0 Å². The van der Waals surface area contributed by atoms with Crippen molar-refractivity contribution in [1.29, 1.82) is 0 Å². The number of ketones is 1. The van der Waals surface area contributed by atoms with Crippen molar-refractivity contribution in [2.45, 2.75) is 37.3 Å². The van der Waals surface area contributed by atoms with Crippen molar-refractivity contribution in [2.24, 2.45) is 0 Å². The van der Waals surface area contributed by atoms with Crippen LogP contribution < -0.4 is 4.74 Å². The predicted octanol–water partition coefficient (Wildman–Crippen LogP) is 2.14. The van der Waals surface area contributed by atoms with E-state index in [1.807, 2.05) is 0 Å². The highest BCUT2D eigenvalue weighted by molar-refractivity contribution is 7.92. The molecule has 1 aromatic rings. The molecule has 0 aliphatic rings. The van der Waals surface area contributed by atoms with Gasteiger partial charge in [-0.2, -0.15) is 0 Å². The number of carbonyl (C=O) groups excluding carboxylic acids is 1. The third-order valence-corrected chi connectivity index (χ3v) is 4.94. The Labute approximate surface area is 108 Å². The second-order valence-corrected chi connectivity index (χ2v) is 6.76. The van der Waals surface area contributed by atoms with Crippen molar-refractivity contribution in [3.8, 4) is 5.75 Å². The predicted molar refractivity (Wildman–Crippen MR) is 69.7 cm³/mol. The molecule has 0 aliphatic carbocycles. The van der Waals surface area contributed by atoms with Gasteiger partial charge in [-0.1, -0.05) is 0 Å². The first-order valence-electron chi connectivity index (χ1n) is 5.67. The minimum absolute atomic E-state index is 0.0351. The lowest BCUT2D eigenvalue weighted by Crippen LogP contribution is -2.20. The zero-order valence-corrected chi connectivity index (χ0v) is 11.9. The van der Waals surface area contributed by atoms with Crippen LogP contribution in [0.1, 0.15) is 25.8 Å². The van der Waals surface area contributed by atoms with E-state index in [9.17, 15) is 13.2 Å². The Bertz CT molecular complexity index is 546. The quantitative estimate of drug-likeness (QED) is 0.822. The van der Waals surface area contributed by atoms with E-state index in [-0.39, 0.29) is 17.1 Å². The molecule has 0 aromatic heterocycles. The number of sulfone groups is 1. The van der Waals surface area contributed by atoms with E-state index in [4.69, 9.17) is 4.74 Å². The molecule has 100 valence electrons. The molecule has 0 spiro atoms. The number of ether oxygens (including phenoxy) is 1. The van der Waals surface area contributed by atoms with Crippen molar-refractivity contribution in [3.05, 3.63) is 23.8 Å². The molecule has 0 fully saturated rings. The number of carbonyl (C=O) groups is 1. The second-order valence-electron chi connectivity index (χ2n) is 4.39. The zero-order chi connectivity index (χ0) is 13.9. The van der Waals surface area contributed by atoms with Crippen LogP contribution in [-0.4, -0.2) is 26.6 Å². The molecule has 0 aliphatic heterocycles. The third-order valence-electron chi connectivity index (χ3n) is 2.80. The average Bonchev–Trinajstić information content (AvgIpc) is 2.27. The fourth-order valence-electron chi connectivity index (χ4n) is 1.77. The zero-order valence-electron chi connectivity index (χ0n) is 11.1. The molecule has 0 heterocycles. The molecule has 0 bridgehead atoms. The molecule has 1 atom stereocenters. The average molecular weight is 270 g/mol. The van der Waals surface area contributed by atoms with Gasteiger partial charge in [0.1, 0.15) is 11.5 Å². The fraction of sp³-hybridized carbons (Fsp3) is 0.462. The van der Waals surface area contributed by atoms with Crippen LogP contribution in [0.4, 0.5) is 0 Å². The fourth-order valence-corrected chi connectivity index (χ4v) is 3.29. The molecule has 0 saturated heterocycles. The summed E-state index contributed by atoms with van der Waals surface area (Å²) in [6.07, 6.45) is 0.0351. The molecule has 4 nitrogen and oxygen atoms in total. The van der Waals surface area contributed by atoms with Gasteiger partial charge < -0.3 is 4.74 Å². The topological polar surface area (TPSA) is 60.4 Å². The summed E-state index contributed by atoms with van der Waals surface area (Å²) in [5.41, 5.74) is 0.758. The van der Waals surface area contributed by atoms with Crippen LogP contribution in [0, 0.1) is 6.92 Å². The molecular weight excluding hydrogens is 252 g/mol. The maximum absolute atomic E-state index is 12.2. The smallest absolute Gasteiger partial charge is 0.181 e. The highest BCUT2D eigenvalue weighted by Gasteiger charge is 2.24. The van der Waals surface area contributed by atoms with Gasteiger partial charge in [-0.15, -0.1) is 0 Å². The van der Waals surface area contributed by atoms with Crippen LogP contribution in [0.3, 0.4) is 0 Å². The summed E-state index contributed by atoms with van der Waals surface area (Å²) in [7, 11) is -1.92. The summed E-state index contributed by atoms with van der Waals surface area (Å²) in [4.78, 5) is 11.2. The molecule has 1 rings (SSSR count). The summed E-state index contributed by atoms with van der Waals surface area (Å²) in [6, 6.07) is 4.71. The van der Waals surface area contributed by atoms with Crippen molar-refractivity contribution in [3.63, 3.8) is 0 Å². The van der Waals surface area contributed by atoms with Crippen LogP contribution in [0.15, 0.2) is 23.1 Å². The molecule has 1 aromatic carbocycles. The van der Waals surface area contributed by atoms with Gasteiger partial charge in [-0.05, 0) is 44.5 Å². The Morgan fingerprint density at radius 3 is 2.44 bits per heavy atom. The van der Waals surface area contributed by atoms with Crippen LogP contribution in [0.2, 0.25) is 0 Å². The van der Waals surface area contributed by atoms with Crippen molar-refractivity contribution >= 4 is 15.6 Å². The number of hydrogen-bond donors (Lipinski definition) is 0. The Morgan fingerprint density at radius 1 is 1.39 bits per heavy atom. The Morgan fingerprint density at radius 2 is 2.00 bits per heavy atom. The van der Waals surface area contributed by atoms with Crippen molar-refractivity contribution < 1.29 is 17.9 Å². The van der Waals surface area contributed by atoms with Gasteiger partial charge in [0.15, 0.2) is 9.84 Å². The minimum atomic E-state index is -3.46. The molecular formula is C13H18O4S. The molecule has 0 N–H and O–H groups in total. The van der Waals surface area contributed by atoms with Gasteiger partial charge in [0.05, 0.1) is 17.3 Å². The largest absolute Gasteiger partial charge is 0.496 e. The number of methoxy groups -OCH3 is 1. The monoisotopic (exact) mass is 270 g/mol. The number of aryl methyl sites for hydroxylation is 1. The normalized spacial score (nSPS) is 13.1. The van der Waals surface area contributed by atoms with Gasteiger partial charge in [-0.25, -0.2) is 8.42 Å². The molecule has 0 amide bonds. The minimum Gasteiger partial charge on any atom is -0.496 e. The Balaban J connectivity index is 3.13. The standard InChI is InChI=1S/C13H18O4S/c1-9-7-12(5-6-13(9)17-4)18(15,16)11(3)8-10(2)14/h5-7,11H,8H2,1-4H3. The van der Waals surface area contributed by atoms with E-state index < -0.39 is 15.1 Å². The summed E-state index contributed by atoms with van der Waals surface area (Å²) < 4.78 is 29.5. The molecule has 0 saturated carbocycles. The first-order valence-corrected chi connectivity index (χ1v) is 7.21. The van der Waals surface area contributed by atoms with Gasteiger partial charge in [0.2, 0.25) is 0 Å². The van der Waals surface area contributed by atoms with Gasteiger partial charge in [-0.3, -0.25) is 4.79 Å². The van der Waals surface area contributed by atoms with Crippen LogP contribution in [-0.2, 0) is 14.6 Å². The lowest BCUT2D eigenvalue weighted by atomic mass is 10.2. The van der Waals surface area contributed by atoms with Crippen LogP contribution >= 0.6 is 0 Å². The lowest BCUT2D eigenvalue weighted by molar-refractivity contribution is -0.116. The Kier molecular flexibility index (Phi) is 4.51. The highest BCUT2D eigenvalue weighted by Crippen LogP contribution is 2.24. The summed E-state index contributed by atoms with van der Waals surface area (Å²) in [5.74, 6) is 0.518. The molecule has 0 radical (unpaired) electrons. The van der Waals surface area contributed by atoms with Crippen LogP contribution in [0.5, 0.6) is 5.75 Å². The Hall–Kier alpha value is -1.36. The number of benzene rings is 1. The lowest BCUT2D eigenvalue weighted by Gasteiger charge is -2.13. The maximum Gasteiger partial charge on any atom is 0.181 e. The number of Topliss-reactive ketones (excluding diaryl/α,β-unsaturated/α-hetero) is 1. The summed E-state index contributed by atoms with van der Waals surface area (Å²) >= 11 is 0. The van der Waals surface area contributed by atoms with E-state index >= 15 is 0 Å². The molecule has 5 heteroatoms. The van der Waals surface area contributed by atoms with E-state index in [2.05, 4.69) is 0 Å². The van der Waals surface area contributed by atoms with Gasteiger partial charge in [0.25, 0.3) is 0 Å². The second kappa shape index (κ2) is 5.52. The van der Waals surface area contributed by atoms with Crippen LogP contribution in [0.25, 0.3) is 0 Å². The van der Waals surface area contributed by atoms with E-state index in [0.29, 0.717) is 5.75 Å². The van der Waals surface area contributed by atoms with Crippen molar-refractivity contribution in [1.82, 2.24) is 0 Å². The van der Waals surface area contributed by atoms with Gasteiger partial charge in [0, 0.05) is 6.42 Å². The van der Waals surface area contributed by atoms with E-state index in [0.717, 1.165) is 5.56 Å². The maximum atomic E-state index is 12.2. The number of rotatable bonds is 5. The van der Waals surface area contributed by atoms with Gasteiger partial charge >= 0.3 is 0 Å². The summed E-state index contributed by atoms with van der Waals surface area (Å²) in [5, 5.41) is -0.706. The first kappa shape index (κ1) is 14.7. The molecule has 1 unspecified atom stereocenters. The molecule has 18 heavy (non-hydrogen) atoms.